The average Bonchev–Trinajstić information content (AvgIpc) is 2.15. The summed E-state index contributed by atoms with van der Waals surface area (Å²) in [6, 6.07) is -1.63. The topological polar surface area (TPSA) is 46.3 Å². The second-order valence-electron chi connectivity index (χ2n) is 3.34. The molecule has 1 atom stereocenters. The van der Waals surface area contributed by atoms with Crippen LogP contribution in [0.4, 0.5) is 13.2 Å². The van der Waals surface area contributed by atoms with Gasteiger partial charge in [0.2, 0.25) is 5.91 Å². The van der Waals surface area contributed by atoms with Crippen LogP contribution in [0.2, 0.25) is 0 Å². The van der Waals surface area contributed by atoms with Crippen LogP contribution in [0.5, 0.6) is 0 Å². The first kappa shape index (κ1) is 11.3. The van der Waals surface area contributed by atoms with Gasteiger partial charge in [-0.15, -0.1) is 0 Å². The smallest absolute Gasteiger partial charge is 0.329 e. The van der Waals surface area contributed by atoms with Crippen molar-refractivity contribution < 1.29 is 18.0 Å². The van der Waals surface area contributed by atoms with Crippen molar-refractivity contribution in [3.05, 3.63) is 0 Å². The summed E-state index contributed by atoms with van der Waals surface area (Å²) in [5.74, 6) is -0.618. The van der Waals surface area contributed by atoms with E-state index < -0.39 is 18.1 Å². The highest BCUT2D eigenvalue weighted by Crippen LogP contribution is 2.31. The molecule has 0 unspecified atom stereocenters. The van der Waals surface area contributed by atoms with Crippen molar-refractivity contribution in [2.45, 2.75) is 31.5 Å². The second kappa shape index (κ2) is 4.16. The maximum absolute atomic E-state index is 12.5. The van der Waals surface area contributed by atoms with E-state index in [0.717, 1.165) is 4.90 Å². The molecule has 82 valence electrons. The molecule has 0 radical (unpaired) electrons. The molecule has 0 spiro atoms. The van der Waals surface area contributed by atoms with Crippen LogP contribution >= 0.6 is 0 Å². The molecule has 1 heterocycles. The third kappa shape index (κ3) is 2.37. The van der Waals surface area contributed by atoms with Crippen molar-refractivity contribution in [1.29, 1.82) is 0 Å². The van der Waals surface area contributed by atoms with E-state index in [1.54, 1.807) is 0 Å². The molecule has 14 heavy (non-hydrogen) atoms. The number of hydrogen-bond donors (Lipinski definition) is 1. The van der Waals surface area contributed by atoms with Gasteiger partial charge in [0.05, 0.1) is 6.54 Å². The first-order chi connectivity index (χ1) is 6.46. The van der Waals surface area contributed by atoms with E-state index in [-0.39, 0.29) is 19.5 Å². The molecule has 1 saturated heterocycles. The number of likely N-dealkylation sites (tertiary alicyclic amines) is 1. The molecular weight excluding hydrogens is 197 g/mol. The molecule has 0 aliphatic carbocycles. The Hall–Kier alpha value is -0.780. The van der Waals surface area contributed by atoms with Crippen LogP contribution in [-0.4, -0.2) is 36.1 Å². The van der Waals surface area contributed by atoms with E-state index in [2.05, 4.69) is 0 Å². The number of carbonyl (C=O) groups excluding carboxylic acids is 1. The molecule has 0 aromatic rings. The van der Waals surface area contributed by atoms with Gasteiger partial charge in [0.25, 0.3) is 0 Å². The molecule has 3 nitrogen and oxygen atoms in total. The Morgan fingerprint density at radius 1 is 1.43 bits per heavy atom. The Balaban J connectivity index is 2.74. The van der Waals surface area contributed by atoms with E-state index in [1.807, 2.05) is 0 Å². The molecule has 1 amide bonds. The van der Waals surface area contributed by atoms with Crippen molar-refractivity contribution in [3.8, 4) is 0 Å². The fourth-order valence-corrected chi connectivity index (χ4v) is 1.69. The van der Waals surface area contributed by atoms with Crippen LogP contribution in [0.15, 0.2) is 0 Å². The van der Waals surface area contributed by atoms with Crippen LogP contribution in [0.1, 0.15) is 19.3 Å². The first-order valence-corrected chi connectivity index (χ1v) is 4.53. The van der Waals surface area contributed by atoms with Crippen molar-refractivity contribution in [2.75, 3.05) is 13.1 Å². The summed E-state index contributed by atoms with van der Waals surface area (Å²) >= 11 is 0. The molecule has 2 N–H and O–H groups in total. The SMILES string of the molecule is NCC(=O)N1CCCC[C@@H]1C(F)(F)F. The molecule has 1 rings (SSSR count). The number of nitrogens with zero attached hydrogens (tertiary/aromatic N) is 1. The number of halogens is 3. The summed E-state index contributed by atoms with van der Waals surface area (Å²) < 4.78 is 37.4. The standard InChI is InChI=1S/C8H13F3N2O/c9-8(10,11)6-3-1-2-4-13(6)7(14)5-12/h6H,1-5,12H2/t6-/m1/s1. The van der Waals surface area contributed by atoms with E-state index in [1.165, 1.54) is 0 Å². The normalized spacial score (nSPS) is 23.7. The Kier molecular flexibility index (Phi) is 3.36. The van der Waals surface area contributed by atoms with Gasteiger partial charge in [-0.3, -0.25) is 4.79 Å². The van der Waals surface area contributed by atoms with Gasteiger partial charge in [-0.05, 0) is 19.3 Å². The van der Waals surface area contributed by atoms with Crippen molar-refractivity contribution in [1.82, 2.24) is 4.90 Å². The lowest BCUT2D eigenvalue weighted by Gasteiger charge is -2.36. The van der Waals surface area contributed by atoms with Crippen LogP contribution in [0, 0.1) is 0 Å². The zero-order valence-electron chi connectivity index (χ0n) is 7.68. The van der Waals surface area contributed by atoms with Gasteiger partial charge in [-0.2, -0.15) is 13.2 Å². The van der Waals surface area contributed by atoms with Crippen molar-refractivity contribution in [2.24, 2.45) is 5.73 Å². The zero-order valence-corrected chi connectivity index (χ0v) is 7.68. The number of amides is 1. The van der Waals surface area contributed by atoms with Crippen LogP contribution < -0.4 is 5.73 Å². The van der Waals surface area contributed by atoms with Crippen molar-refractivity contribution >= 4 is 5.91 Å². The Bertz CT molecular complexity index is 217. The fourth-order valence-electron chi connectivity index (χ4n) is 1.69. The summed E-state index contributed by atoms with van der Waals surface area (Å²) in [6.45, 7) is -0.188. The molecule has 1 aliphatic rings. The minimum Gasteiger partial charge on any atom is -0.329 e. The Morgan fingerprint density at radius 3 is 2.57 bits per heavy atom. The molecule has 0 saturated carbocycles. The Morgan fingerprint density at radius 2 is 2.07 bits per heavy atom. The number of rotatable bonds is 1. The summed E-state index contributed by atoms with van der Waals surface area (Å²) in [6.07, 6.45) is -3.20. The quantitative estimate of drug-likeness (QED) is 0.698. The lowest BCUT2D eigenvalue weighted by molar-refractivity contribution is -0.195. The summed E-state index contributed by atoms with van der Waals surface area (Å²) in [5.41, 5.74) is 5.05. The van der Waals surface area contributed by atoms with Crippen LogP contribution in [-0.2, 0) is 4.79 Å². The zero-order chi connectivity index (χ0) is 10.8. The maximum Gasteiger partial charge on any atom is 0.408 e. The third-order valence-electron chi connectivity index (χ3n) is 2.38. The van der Waals surface area contributed by atoms with E-state index in [9.17, 15) is 18.0 Å². The molecule has 1 aliphatic heterocycles. The lowest BCUT2D eigenvalue weighted by Crippen LogP contribution is -2.53. The molecule has 0 aromatic heterocycles. The average molecular weight is 210 g/mol. The van der Waals surface area contributed by atoms with Gasteiger partial charge in [-0.1, -0.05) is 0 Å². The molecule has 6 heteroatoms. The van der Waals surface area contributed by atoms with E-state index >= 15 is 0 Å². The highest BCUT2D eigenvalue weighted by molar-refractivity contribution is 5.78. The number of nitrogens with two attached hydrogens (primary N) is 1. The maximum atomic E-state index is 12.5. The van der Waals surface area contributed by atoms with Gasteiger partial charge in [0, 0.05) is 6.54 Å². The summed E-state index contributed by atoms with van der Waals surface area (Å²) in [5, 5.41) is 0. The largest absolute Gasteiger partial charge is 0.408 e. The summed E-state index contributed by atoms with van der Waals surface area (Å²) in [7, 11) is 0. The Labute approximate surface area is 80.0 Å². The van der Waals surface area contributed by atoms with Crippen LogP contribution in [0.25, 0.3) is 0 Å². The van der Waals surface area contributed by atoms with E-state index in [0.29, 0.717) is 12.8 Å². The predicted octanol–water partition coefficient (Wildman–Crippen LogP) is 0.888. The molecule has 0 aromatic carbocycles. The predicted molar refractivity (Wildman–Crippen MR) is 44.5 cm³/mol. The minimum atomic E-state index is -4.33. The van der Waals surface area contributed by atoms with Gasteiger partial charge in [-0.25, -0.2) is 0 Å². The van der Waals surface area contributed by atoms with Crippen LogP contribution in [0.3, 0.4) is 0 Å². The lowest BCUT2D eigenvalue weighted by atomic mass is 10.0. The van der Waals surface area contributed by atoms with Crippen molar-refractivity contribution in [3.63, 3.8) is 0 Å². The number of hydrogen-bond acceptors (Lipinski definition) is 2. The van der Waals surface area contributed by atoms with E-state index in [4.69, 9.17) is 5.73 Å². The monoisotopic (exact) mass is 210 g/mol. The number of alkyl halides is 3. The highest BCUT2D eigenvalue weighted by Gasteiger charge is 2.45. The molecule has 1 fully saturated rings. The van der Waals surface area contributed by atoms with Gasteiger partial charge < -0.3 is 10.6 Å². The minimum absolute atomic E-state index is 0.00472. The number of carbonyl (C=O) groups is 1. The first-order valence-electron chi connectivity index (χ1n) is 4.53. The third-order valence-corrected chi connectivity index (χ3v) is 2.38. The number of piperidine rings is 1. The fraction of sp³-hybridized carbons (Fsp3) is 0.875. The van der Waals surface area contributed by atoms with Gasteiger partial charge in [0.15, 0.2) is 0 Å². The van der Waals surface area contributed by atoms with Gasteiger partial charge in [0.1, 0.15) is 6.04 Å². The molecular formula is C8H13F3N2O. The highest BCUT2D eigenvalue weighted by atomic mass is 19.4. The second-order valence-corrected chi connectivity index (χ2v) is 3.34. The molecule has 0 bridgehead atoms. The van der Waals surface area contributed by atoms with Gasteiger partial charge >= 0.3 is 6.18 Å². The summed E-state index contributed by atoms with van der Waals surface area (Å²) in [4.78, 5) is 12.0.